The number of aliphatic carboxylic acids is 1. The second-order valence-corrected chi connectivity index (χ2v) is 10.2. The molecular formula is C23H32O5. The molecule has 4 aliphatic carbocycles. The van der Waals surface area contributed by atoms with E-state index in [-0.39, 0.29) is 35.2 Å². The van der Waals surface area contributed by atoms with Crippen LogP contribution >= 0.6 is 0 Å². The van der Waals surface area contributed by atoms with Crippen molar-refractivity contribution >= 4 is 17.5 Å². The van der Waals surface area contributed by atoms with Gasteiger partial charge in [-0.25, -0.2) is 0 Å². The van der Waals surface area contributed by atoms with Gasteiger partial charge in [0.2, 0.25) is 0 Å². The summed E-state index contributed by atoms with van der Waals surface area (Å²) in [6, 6.07) is 0. The van der Waals surface area contributed by atoms with Crippen LogP contribution in [0.25, 0.3) is 0 Å². The van der Waals surface area contributed by atoms with Crippen LogP contribution in [0.2, 0.25) is 0 Å². The number of carboxylic acid groups (broad SMARTS) is 1. The molecule has 5 nitrogen and oxygen atoms in total. The highest BCUT2D eigenvalue weighted by Crippen LogP contribution is 2.68. The summed E-state index contributed by atoms with van der Waals surface area (Å²) in [5, 5.41) is 20.7. The van der Waals surface area contributed by atoms with E-state index in [1.807, 2.05) is 0 Å². The number of hydrogen-bond acceptors (Lipinski definition) is 4. The molecule has 4 aliphatic rings. The van der Waals surface area contributed by atoms with E-state index in [4.69, 9.17) is 0 Å². The molecule has 3 saturated carbocycles. The summed E-state index contributed by atoms with van der Waals surface area (Å²) in [5.74, 6) is -0.0921. The first-order valence-corrected chi connectivity index (χ1v) is 10.7. The van der Waals surface area contributed by atoms with Gasteiger partial charge in [-0.05, 0) is 80.6 Å². The summed E-state index contributed by atoms with van der Waals surface area (Å²) in [5.41, 5.74) is -0.764. The fourth-order valence-electron chi connectivity index (χ4n) is 7.85. The minimum absolute atomic E-state index is 0.0299. The number of carbonyl (C=O) groups is 3. The smallest absolute Gasteiger partial charge is 0.303 e. The van der Waals surface area contributed by atoms with E-state index in [1.165, 1.54) is 6.92 Å². The largest absolute Gasteiger partial charge is 0.481 e. The third-order valence-electron chi connectivity index (χ3n) is 9.43. The van der Waals surface area contributed by atoms with E-state index in [2.05, 4.69) is 13.8 Å². The van der Waals surface area contributed by atoms with Gasteiger partial charge in [-0.15, -0.1) is 0 Å². The van der Waals surface area contributed by atoms with Crippen molar-refractivity contribution in [2.45, 2.75) is 77.7 Å². The molecule has 0 radical (unpaired) electrons. The van der Waals surface area contributed by atoms with Gasteiger partial charge in [0.15, 0.2) is 11.6 Å². The number of hydrogen-bond donors (Lipinski definition) is 2. The highest BCUT2D eigenvalue weighted by molar-refractivity contribution is 5.92. The predicted molar refractivity (Wildman–Crippen MR) is 103 cm³/mol. The number of carbonyl (C=O) groups excluding carboxylic acids is 2. The maximum Gasteiger partial charge on any atom is 0.303 e. The van der Waals surface area contributed by atoms with Crippen molar-refractivity contribution in [3.05, 3.63) is 11.6 Å². The van der Waals surface area contributed by atoms with Crippen LogP contribution in [0.3, 0.4) is 0 Å². The van der Waals surface area contributed by atoms with Gasteiger partial charge >= 0.3 is 5.97 Å². The van der Waals surface area contributed by atoms with E-state index in [0.29, 0.717) is 24.7 Å². The standard InChI is InChI=1S/C23H32O5/c1-13(24)23(28)9-7-18-17-5-4-14-10-16(25)11-15(12-20(26)27)22(14,3)19(17)6-8-21(18,23)2/h10,15,17-19,28H,4-9,11-12H2,1-3H3,(H,26,27)/t15?,17-,18-,19-,21-,22+,23-/m0/s1. The fraction of sp³-hybridized carbons (Fsp3) is 0.783. The van der Waals surface area contributed by atoms with Gasteiger partial charge in [0, 0.05) is 18.3 Å². The number of carboxylic acids is 1. The molecule has 0 aromatic heterocycles. The summed E-state index contributed by atoms with van der Waals surface area (Å²) in [4.78, 5) is 36.1. The topological polar surface area (TPSA) is 91.7 Å². The number of fused-ring (bicyclic) bond motifs is 5. The third-order valence-corrected chi connectivity index (χ3v) is 9.43. The summed E-state index contributed by atoms with van der Waals surface area (Å²) in [7, 11) is 0. The number of Topliss-reactive ketones (excluding diaryl/α,β-unsaturated/α-hetero) is 1. The number of allylic oxidation sites excluding steroid dienone is 1. The Labute approximate surface area is 166 Å². The van der Waals surface area contributed by atoms with Gasteiger partial charge in [-0.1, -0.05) is 19.4 Å². The molecule has 2 N–H and O–H groups in total. The van der Waals surface area contributed by atoms with Crippen molar-refractivity contribution in [1.82, 2.24) is 0 Å². The Morgan fingerprint density at radius 2 is 1.82 bits per heavy atom. The van der Waals surface area contributed by atoms with Gasteiger partial charge < -0.3 is 10.2 Å². The fourth-order valence-corrected chi connectivity index (χ4v) is 7.85. The Hall–Kier alpha value is -1.49. The van der Waals surface area contributed by atoms with Crippen molar-refractivity contribution in [3.8, 4) is 0 Å². The Morgan fingerprint density at radius 1 is 1.14 bits per heavy atom. The highest BCUT2D eigenvalue weighted by Gasteiger charge is 2.66. The number of rotatable bonds is 3. The van der Waals surface area contributed by atoms with Gasteiger partial charge in [0.05, 0.1) is 0 Å². The predicted octanol–water partition coefficient (Wildman–Crippen LogP) is 3.54. The molecule has 0 spiro atoms. The van der Waals surface area contributed by atoms with Crippen molar-refractivity contribution < 1.29 is 24.6 Å². The lowest BCUT2D eigenvalue weighted by atomic mass is 9.44. The van der Waals surface area contributed by atoms with Crippen LogP contribution in [0.5, 0.6) is 0 Å². The zero-order valence-corrected chi connectivity index (χ0v) is 17.2. The van der Waals surface area contributed by atoms with Crippen LogP contribution < -0.4 is 0 Å². The van der Waals surface area contributed by atoms with E-state index in [9.17, 15) is 24.6 Å². The van der Waals surface area contributed by atoms with E-state index >= 15 is 0 Å². The first-order chi connectivity index (χ1) is 13.0. The molecule has 5 heteroatoms. The van der Waals surface area contributed by atoms with E-state index in [0.717, 1.165) is 37.7 Å². The molecule has 28 heavy (non-hydrogen) atoms. The Balaban J connectivity index is 1.72. The Kier molecular flexibility index (Phi) is 4.42. The Bertz CT molecular complexity index is 769. The molecule has 0 bridgehead atoms. The lowest BCUT2D eigenvalue weighted by Crippen LogP contribution is -2.58. The van der Waals surface area contributed by atoms with E-state index in [1.54, 1.807) is 6.08 Å². The monoisotopic (exact) mass is 388 g/mol. The average molecular weight is 389 g/mol. The minimum atomic E-state index is -1.23. The molecule has 4 rings (SSSR count). The Morgan fingerprint density at radius 3 is 2.46 bits per heavy atom. The summed E-state index contributed by atoms with van der Waals surface area (Å²) in [6.45, 7) is 5.79. The number of ketones is 2. The lowest BCUT2D eigenvalue weighted by molar-refractivity contribution is -0.162. The van der Waals surface area contributed by atoms with Crippen LogP contribution in [0, 0.1) is 34.5 Å². The lowest BCUT2D eigenvalue weighted by Gasteiger charge is -2.60. The minimum Gasteiger partial charge on any atom is -0.481 e. The quantitative estimate of drug-likeness (QED) is 0.771. The van der Waals surface area contributed by atoms with E-state index < -0.39 is 17.0 Å². The molecule has 0 heterocycles. The van der Waals surface area contributed by atoms with Crippen LogP contribution in [-0.4, -0.2) is 33.3 Å². The summed E-state index contributed by atoms with van der Waals surface area (Å²) in [6.07, 6.45) is 6.98. The molecule has 0 saturated heterocycles. The zero-order chi connectivity index (χ0) is 20.5. The molecule has 0 amide bonds. The van der Waals surface area contributed by atoms with Crippen LogP contribution in [0.1, 0.15) is 72.1 Å². The number of aliphatic hydroxyl groups is 1. The highest BCUT2D eigenvalue weighted by atomic mass is 16.4. The molecule has 1 unspecified atom stereocenters. The first kappa shape index (κ1) is 19.8. The SMILES string of the molecule is CC(=O)[C@@]1(O)CC[C@H]2[C@@H]3CCC4=CC(=O)CC(CC(=O)O)[C@]4(C)[C@H]3CC[C@@]21C. The van der Waals surface area contributed by atoms with Crippen LogP contribution in [0.15, 0.2) is 11.6 Å². The normalized spacial score (nSPS) is 47.6. The second kappa shape index (κ2) is 6.25. The maximum absolute atomic E-state index is 12.3. The molecular weight excluding hydrogens is 356 g/mol. The van der Waals surface area contributed by atoms with Gasteiger partial charge in [-0.3, -0.25) is 14.4 Å². The summed E-state index contributed by atoms with van der Waals surface area (Å²) < 4.78 is 0. The molecule has 0 aromatic carbocycles. The van der Waals surface area contributed by atoms with Crippen LogP contribution in [0.4, 0.5) is 0 Å². The molecule has 0 aromatic rings. The molecule has 3 fully saturated rings. The van der Waals surface area contributed by atoms with Crippen LogP contribution in [-0.2, 0) is 14.4 Å². The van der Waals surface area contributed by atoms with Crippen molar-refractivity contribution in [2.24, 2.45) is 34.5 Å². The van der Waals surface area contributed by atoms with Gasteiger partial charge in [0.1, 0.15) is 5.60 Å². The van der Waals surface area contributed by atoms with Crippen molar-refractivity contribution in [3.63, 3.8) is 0 Å². The molecule has 0 aliphatic heterocycles. The second-order valence-electron chi connectivity index (χ2n) is 10.2. The van der Waals surface area contributed by atoms with Gasteiger partial charge in [0.25, 0.3) is 0 Å². The third kappa shape index (κ3) is 2.44. The zero-order valence-electron chi connectivity index (χ0n) is 17.2. The van der Waals surface area contributed by atoms with Crippen molar-refractivity contribution in [2.75, 3.05) is 0 Å². The summed E-state index contributed by atoms with van der Waals surface area (Å²) >= 11 is 0. The van der Waals surface area contributed by atoms with Gasteiger partial charge in [-0.2, -0.15) is 0 Å². The molecule has 154 valence electrons. The average Bonchev–Trinajstić information content (AvgIpc) is 2.88. The van der Waals surface area contributed by atoms with Crippen molar-refractivity contribution in [1.29, 1.82) is 0 Å². The maximum atomic E-state index is 12.3. The first-order valence-electron chi connectivity index (χ1n) is 10.7. The molecule has 7 atom stereocenters.